The largest absolute Gasteiger partial charge is 0.393 e. The molecule has 5 nitrogen and oxygen atoms in total. The molecule has 0 saturated carbocycles. The van der Waals surface area contributed by atoms with Gasteiger partial charge in [-0.25, -0.2) is 0 Å². The summed E-state index contributed by atoms with van der Waals surface area (Å²) in [7, 11) is 0. The van der Waals surface area contributed by atoms with Gasteiger partial charge in [-0.15, -0.1) is 0 Å². The summed E-state index contributed by atoms with van der Waals surface area (Å²) in [4.78, 5) is 14.6. The van der Waals surface area contributed by atoms with Gasteiger partial charge < -0.3 is 15.0 Å². The molecule has 76 valence electrons. The molecule has 14 heavy (non-hydrogen) atoms. The average molecular weight is 195 g/mol. The number of nitrogens with zero attached hydrogens (tertiary/aromatic N) is 2. The Labute approximate surface area is 81.5 Å². The number of nitrogen functional groups attached to an aromatic ring is 1. The summed E-state index contributed by atoms with van der Waals surface area (Å²) in [6.45, 7) is 0.761. The van der Waals surface area contributed by atoms with Crippen LogP contribution < -0.4 is 11.3 Å². The number of nitrogens with two attached hydrogens (primary N) is 1. The van der Waals surface area contributed by atoms with Crippen LogP contribution in [0.25, 0.3) is 0 Å². The second-order valence-corrected chi connectivity index (χ2v) is 3.40. The number of ether oxygens (including phenoxy) is 1. The van der Waals surface area contributed by atoms with E-state index in [1.165, 1.54) is 6.33 Å². The fourth-order valence-electron chi connectivity index (χ4n) is 1.56. The molecule has 0 aliphatic carbocycles. The highest BCUT2D eigenvalue weighted by Gasteiger charge is 2.14. The number of hydrogen-bond donors (Lipinski definition) is 1. The molecule has 0 aromatic carbocycles. The third-order valence-corrected chi connectivity index (χ3v) is 2.33. The van der Waals surface area contributed by atoms with Crippen LogP contribution in [0.4, 0.5) is 5.69 Å². The summed E-state index contributed by atoms with van der Waals surface area (Å²) in [6.07, 6.45) is 6.24. The third kappa shape index (κ3) is 1.77. The molecule has 1 atom stereocenters. The molecule has 2 heterocycles. The van der Waals surface area contributed by atoms with Gasteiger partial charge in [-0.05, 0) is 19.3 Å². The molecular formula is C9H13N3O2. The van der Waals surface area contributed by atoms with E-state index in [4.69, 9.17) is 10.5 Å². The first-order valence-corrected chi connectivity index (χ1v) is 4.72. The zero-order valence-corrected chi connectivity index (χ0v) is 7.85. The average Bonchev–Trinajstić information content (AvgIpc) is 2.23. The fraction of sp³-hybridized carbons (Fsp3) is 0.556. The van der Waals surface area contributed by atoms with Gasteiger partial charge >= 0.3 is 0 Å². The van der Waals surface area contributed by atoms with Crippen LogP contribution in [-0.2, 0) is 4.74 Å². The van der Waals surface area contributed by atoms with Gasteiger partial charge in [0, 0.05) is 12.8 Å². The lowest BCUT2D eigenvalue weighted by Gasteiger charge is -2.24. The molecule has 1 unspecified atom stereocenters. The first-order valence-electron chi connectivity index (χ1n) is 4.72. The van der Waals surface area contributed by atoms with Crippen molar-refractivity contribution in [1.29, 1.82) is 0 Å². The van der Waals surface area contributed by atoms with Crippen molar-refractivity contribution in [2.24, 2.45) is 0 Å². The van der Waals surface area contributed by atoms with Gasteiger partial charge in [-0.2, -0.15) is 4.98 Å². The van der Waals surface area contributed by atoms with E-state index in [2.05, 4.69) is 4.98 Å². The standard InChI is InChI=1S/C9H13N3O2/c10-7-5-12(6-11-9(7)13)8-3-1-2-4-14-8/h5-6,8H,1-4,10H2. The Balaban J connectivity index is 2.22. The predicted octanol–water partition coefficient (Wildman–Crippen LogP) is 0.525. The van der Waals surface area contributed by atoms with Gasteiger partial charge in [0.1, 0.15) is 18.2 Å². The van der Waals surface area contributed by atoms with Crippen LogP contribution in [0.3, 0.4) is 0 Å². The predicted molar refractivity (Wildman–Crippen MR) is 51.7 cm³/mol. The van der Waals surface area contributed by atoms with E-state index >= 15 is 0 Å². The van der Waals surface area contributed by atoms with Crippen LogP contribution in [0.15, 0.2) is 17.3 Å². The van der Waals surface area contributed by atoms with Crippen molar-refractivity contribution in [2.75, 3.05) is 12.3 Å². The van der Waals surface area contributed by atoms with Crippen LogP contribution >= 0.6 is 0 Å². The molecule has 1 fully saturated rings. The smallest absolute Gasteiger partial charge is 0.295 e. The van der Waals surface area contributed by atoms with Crippen LogP contribution in [0, 0.1) is 0 Å². The zero-order valence-electron chi connectivity index (χ0n) is 7.85. The number of rotatable bonds is 1. The normalized spacial score (nSPS) is 22.1. The monoisotopic (exact) mass is 195 g/mol. The van der Waals surface area contributed by atoms with Crippen molar-refractivity contribution in [1.82, 2.24) is 9.55 Å². The molecule has 1 aliphatic rings. The molecule has 0 radical (unpaired) electrons. The van der Waals surface area contributed by atoms with Gasteiger partial charge in [0.25, 0.3) is 5.56 Å². The lowest BCUT2D eigenvalue weighted by atomic mass is 10.2. The number of hydrogen-bond acceptors (Lipinski definition) is 4. The minimum Gasteiger partial charge on any atom is -0.393 e. The molecule has 0 spiro atoms. The Hall–Kier alpha value is -1.36. The first kappa shape index (κ1) is 9.21. The SMILES string of the molecule is Nc1cn(C2CCCCO2)cnc1=O. The van der Waals surface area contributed by atoms with Gasteiger partial charge in [-0.3, -0.25) is 4.79 Å². The maximum absolute atomic E-state index is 11.0. The molecular weight excluding hydrogens is 182 g/mol. The second kappa shape index (κ2) is 3.79. The van der Waals surface area contributed by atoms with E-state index in [1.54, 1.807) is 10.8 Å². The minimum absolute atomic E-state index is 0.0147. The number of anilines is 1. The fourth-order valence-corrected chi connectivity index (χ4v) is 1.56. The van der Waals surface area contributed by atoms with Crippen LogP contribution in [0.1, 0.15) is 25.5 Å². The quantitative estimate of drug-likeness (QED) is 0.709. The van der Waals surface area contributed by atoms with Crippen molar-refractivity contribution in [3.63, 3.8) is 0 Å². The molecule has 1 aromatic rings. The summed E-state index contributed by atoms with van der Waals surface area (Å²) in [5, 5.41) is 0. The van der Waals surface area contributed by atoms with Crippen LogP contribution in [-0.4, -0.2) is 16.2 Å². The van der Waals surface area contributed by atoms with Crippen molar-refractivity contribution in [3.05, 3.63) is 22.9 Å². The summed E-state index contributed by atoms with van der Waals surface area (Å²) >= 11 is 0. The Morgan fingerprint density at radius 2 is 2.43 bits per heavy atom. The molecule has 1 saturated heterocycles. The van der Waals surface area contributed by atoms with Gasteiger partial charge in [0.05, 0.1) is 0 Å². The molecule has 0 amide bonds. The molecule has 0 bridgehead atoms. The van der Waals surface area contributed by atoms with E-state index in [1.807, 2.05) is 0 Å². The Morgan fingerprint density at radius 1 is 1.57 bits per heavy atom. The highest BCUT2D eigenvalue weighted by molar-refractivity contribution is 5.30. The Morgan fingerprint density at radius 3 is 3.07 bits per heavy atom. The van der Waals surface area contributed by atoms with E-state index in [-0.39, 0.29) is 17.5 Å². The van der Waals surface area contributed by atoms with Crippen molar-refractivity contribution >= 4 is 5.69 Å². The highest BCUT2D eigenvalue weighted by Crippen LogP contribution is 2.21. The second-order valence-electron chi connectivity index (χ2n) is 3.40. The molecule has 2 rings (SSSR count). The van der Waals surface area contributed by atoms with Gasteiger partial charge in [0.15, 0.2) is 0 Å². The molecule has 1 aliphatic heterocycles. The van der Waals surface area contributed by atoms with E-state index in [9.17, 15) is 4.79 Å². The number of aromatic nitrogens is 2. The van der Waals surface area contributed by atoms with Crippen molar-refractivity contribution in [3.8, 4) is 0 Å². The van der Waals surface area contributed by atoms with Crippen LogP contribution in [0.2, 0.25) is 0 Å². The Bertz CT molecular complexity index is 369. The Kier molecular flexibility index (Phi) is 2.49. The minimum atomic E-state index is -0.378. The van der Waals surface area contributed by atoms with E-state index in [0.29, 0.717) is 0 Å². The first-order chi connectivity index (χ1) is 6.77. The van der Waals surface area contributed by atoms with E-state index < -0.39 is 0 Å². The van der Waals surface area contributed by atoms with E-state index in [0.717, 1.165) is 25.9 Å². The third-order valence-electron chi connectivity index (χ3n) is 2.33. The molecule has 2 N–H and O–H groups in total. The van der Waals surface area contributed by atoms with Crippen LogP contribution in [0.5, 0.6) is 0 Å². The van der Waals surface area contributed by atoms with Gasteiger partial charge in [0.2, 0.25) is 0 Å². The zero-order chi connectivity index (χ0) is 9.97. The summed E-state index contributed by atoms with van der Waals surface area (Å²) in [5.41, 5.74) is 5.27. The highest BCUT2D eigenvalue weighted by atomic mass is 16.5. The topological polar surface area (TPSA) is 70.1 Å². The molecule has 5 heteroatoms. The molecule has 1 aromatic heterocycles. The van der Waals surface area contributed by atoms with Gasteiger partial charge in [-0.1, -0.05) is 0 Å². The maximum Gasteiger partial charge on any atom is 0.295 e. The van der Waals surface area contributed by atoms with Crippen molar-refractivity contribution in [2.45, 2.75) is 25.5 Å². The maximum atomic E-state index is 11.0. The lowest BCUT2D eigenvalue weighted by Crippen LogP contribution is -2.22. The summed E-state index contributed by atoms with van der Waals surface area (Å²) in [5.74, 6) is 0. The summed E-state index contributed by atoms with van der Waals surface area (Å²) < 4.78 is 7.28. The summed E-state index contributed by atoms with van der Waals surface area (Å²) in [6, 6.07) is 0. The van der Waals surface area contributed by atoms with Crippen molar-refractivity contribution < 1.29 is 4.74 Å². The lowest BCUT2D eigenvalue weighted by molar-refractivity contribution is -0.0328.